The van der Waals surface area contributed by atoms with Gasteiger partial charge in [-0.05, 0) is 18.1 Å². The van der Waals surface area contributed by atoms with E-state index in [2.05, 4.69) is 19.7 Å². The van der Waals surface area contributed by atoms with Crippen molar-refractivity contribution in [2.24, 2.45) is 0 Å². The van der Waals surface area contributed by atoms with Gasteiger partial charge in [0.15, 0.2) is 7.38 Å². The van der Waals surface area contributed by atoms with Gasteiger partial charge in [0.25, 0.3) is 0 Å². The van der Waals surface area contributed by atoms with E-state index >= 15 is 0 Å². The molecule has 0 aliphatic heterocycles. The van der Waals surface area contributed by atoms with Gasteiger partial charge in [0.2, 0.25) is 0 Å². The molecule has 0 N–H and O–H groups in total. The SMILES string of the molecule is C=CC[Si](Cl)(CC=C)CC=C. The number of allylic oxidation sites excluding steroid dienone is 3. The van der Waals surface area contributed by atoms with Crippen LogP contribution in [0.1, 0.15) is 0 Å². The lowest BCUT2D eigenvalue weighted by molar-refractivity contribution is 1.42. The van der Waals surface area contributed by atoms with Crippen LogP contribution in [0.15, 0.2) is 38.0 Å². The molecule has 0 amide bonds. The molecule has 0 aromatic heterocycles. The average Bonchev–Trinajstić information content (AvgIpc) is 1.88. The van der Waals surface area contributed by atoms with Crippen molar-refractivity contribution >= 4 is 18.5 Å². The zero-order valence-corrected chi connectivity index (χ0v) is 8.61. The maximum atomic E-state index is 6.36. The van der Waals surface area contributed by atoms with Crippen molar-refractivity contribution in [1.82, 2.24) is 0 Å². The van der Waals surface area contributed by atoms with Crippen LogP contribution >= 0.6 is 11.1 Å². The fraction of sp³-hybridized carbons (Fsp3) is 0.333. The van der Waals surface area contributed by atoms with Gasteiger partial charge in [0.05, 0.1) is 0 Å². The Labute approximate surface area is 75.0 Å². The molecule has 0 rings (SSSR count). The monoisotopic (exact) mass is 186 g/mol. The molecule has 0 unspecified atom stereocenters. The second kappa shape index (κ2) is 5.39. The summed E-state index contributed by atoms with van der Waals surface area (Å²) >= 11 is 6.36. The van der Waals surface area contributed by atoms with E-state index < -0.39 is 7.38 Å². The Morgan fingerprint density at radius 1 is 0.909 bits per heavy atom. The summed E-state index contributed by atoms with van der Waals surface area (Å²) in [6, 6.07) is 2.81. The predicted octanol–water partition coefficient (Wildman–Crippen LogP) is 3.73. The second-order valence-electron chi connectivity index (χ2n) is 2.63. The van der Waals surface area contributed by atoms with Crippen LogP contribution in [0, 0.1) is 0 Å². The van der Waals surface area contributed by atoms with E-state index in [1.54, 1.807) is 0 Å². The number of halogens is 1. The van der Waals surface area contributed by atoms with E-state index in [9.17, 15) is 0 Å². The highest BCUT2D eigenvalue weighted by molar-refractivity contribution is 7.21. The molecule has 0 aliphatic carbocycles. The van der Waals surface area contributed by atoms with E-state index in [1.807, 2.05) is 18.2 Å². The molecule has 0 saturated heterocycles. The molecule has 0 atom stereocenters. The first-order valence-electron chi connectivity index (χ1n) is 3.70. The van der Waals surface area contributed by atoms with Crippen LogP contribution in [-0.2, 0) is 0 Å². The second-order valence-corrected chi connectivity index (χ2v) is 8.56. The van der Waals surface area contributed by atoms with E-state index in [0.717, 1.165) is 18.1 Å². The number of rotatable bonds is 6. The number of hydrogen-bond acceptors (Lipinski definition) is 0. The fourth-order valence-electron chi connectivity index (χ4n) is 1.03. The van der Waals surface area contributed by atoms with Crippen molar-refractivity contribution in [3.05, 3.63) is 38.0 Å². The van der Waals surface area contributed by atoms with Crippen molar-refractivity contribution in [2.75, 3.05) is 0 Å². The lowest BCUT2D eigenvalue weighted by Gasteiger charge is -2.18. The van der Waals surface area contributed by atoms with Gasteiger partial charge in [-0.2, -0.15) is 11.1 Å². The standard InChI is InChI=1S/C9H15ClSi/c1-4-7-11(10,8-5-2)9-6-3/h4-6H,1-3,7-9H2. The third kappa shape index (κ3) is 4.22. The van der Waals surface area contributed by atoms with Crippen molar-refractivity contribution in [1.29, 1.82) is 0 Å². The zero-order chi connectivity index (χ0) is 8.74. The highest BCUT2D eigenvalue weighted by Gasteiger charge is 2.25. The van der Waals surface area contributed by atoms with Gasteiger partial charge in [0.1, 0.15) is 0 Å². The average molecular weight is 187 g/mol. The normalized spacial score (nSPS) is 10.6. The van der Waals surface area contributed by atoms with Gasteiger partial charge < -0.3 is 0 Å². The molecule has 0 nitrogen and oxygen atoms in total. The summed E-state index contributed by atoms with van der Waals surface area (Å²) in [6.45, 7) is 11.1. The zero-order valence-electron chi connectivity index (χ0n) is 6.85. The van der Waals surface area contributed by atoms with Crippen molar-refractivity contribution < 1.29 is 0 Å². The van der Waals surface area contributed by atoms with Gasteiger partial charge >= 0.3 is 0 Å². The lowest BCUT2D eigenvalue weighted by atomic mass is 10.7. The van der Waals surface area contributed by atoms with E-state index in [0.29, 0.717) is 0 Å². The summed E-state index contributed by atoms with van der Waals surface area (Å²) in [5, 5.41) is 0. The van der Waals surface area contributed by atoms with Crippen LogP contribution in [0.4, 0.5) is 0 Å². The molecule has 0 radical (unpaired) electrons. The third-order valence-corrected chi connectivity index (χ3v) is 5.98. The molecule has 0 bridgehead atoms. The van der Waals surface area contributed by atoms with Crippen LogP contribution in [0.3, 0.4) is 0 Å². The molecule has 0 heterocycles. The first kappa shape index (κ1) is 10.7. The highest BCUT2D eigenvalue weighted by atomic mass is 35.6. The van der Waals surface area contributed by atoms with Crippen LogP contribution in [0.2, 0.25) is 18.1 Å². The summed E-state index contributed by atoms with van der Waals surface area (Å²) in [6.07, 6.45) is 5.69. The topological polar surface area (TPSA) is 0 Å². The molecule has 0 spiro atoms. The summed E-state index contributed by atoms with van der Waals surface area (Å²) in [4.78, 5) is 0. The highest BCUT2D eigenvalue weighted by Crippen LogP contribution is 2.26. The van der Waals surface area contributed by atoms with Gasteiger partial charge in [-0.25, -0.2) is 0 Å². The van der Waals surface area contributed by atoms with Crippen molar-refractivity contribution in [3.8, 4) is 0 Å². The van der Waals surface area contributed by atoms with E-state index in [4.69, 9.17) is 11.1 Å². The largest absolute Gasteiger partial charge is 0.167 e. The minimum Gasteiger partial charge on any atom is -0.166 e. The molecular formula is C9H15ClSi. The Bertz CT molecular complexity index is 125. The Hall–Kier alpha value is -0.273. The molecule has 0 aromatic carbocycles. The summed E-state index contributed by atoms with van der Waals surface area (Å²) in [5.41, 5.74) is 0. The molecule has 62 valence electrons. The first-order chi connectivity index (χ1) is 5.18. The quantitative estimate of drug-likeness (QED) is 0.337. The molecule has 11 heavy (non-hydrogen) atoms. The van der Waals surface area contributed by atoms with Crippen LogP contribution in [-0.4, -0.2) is 7.38 Å². The molecule has 0 aromatic rings. The smallest absolute Gasteiger partial charge is 0.166 e. The maximum absolute atomic E-state index is 6.36. The first-order valence-corrected chi connectivity index (χ1v) is 7.33. The Kier molecular flexibility index (Phi) is 5.25. The Morgan fingerprint density at radius 3 is 1.36 bits per heavy atom. The predicted molar refractivity (Wildman–Crippen MR) is 56.6 cm³/mol. The Morgan fingerprint density at radius 2 is 1.18 bits per heavy atom. The van der Waals surface area contributed by atoms with Gasteiger partial charge in [-0.1, -0.05) is 18.2 Å². The number of hydrogen-bond donors (Lipinski definition) is 0. The van der Waals surface area contributed by atoms with Gasteiger partial charge in [-0.15, -0.1) is 19.7 Å². The Balaban J connectivity index is 4.09. The molecule has 0 saturated carbocycles. The minimum absolute atomic E-state index is 0.937. The lowest BCUT2D eigenvalue weighted by Crippen LogP contribution is -2.23. The van der Waals surface area contributed by atoms with E-state index in [1.165, 1.54) is 0 Å². The third-order valence-electron chi connectivity index (χ3n) is 1.53. The fourth-order valence-corrected chi connectivity index (χ4v) is 4.06. The molecule has 0 aliphatic rings. The van der Waals surface area contributed by atoms with Gasteiger partial charge in [0, 0.05) is 0 Å². The van der Waals surface area contributed by atoms with Crippen LogP contribution in [0.25, 0.3) is 0 Å². The maximum Gasteiger partial charge on any atom is 0.167 e. The van der Waals surface area contributed by atoms with Gasteiger partial charge in [-0.3, -0.25) is 0 Å². The molecule has 2 heteroatoms. The minimum atomic E-state index is -1.63. The van der Waals surface area contributed by atoms with E-state index in [-0.39, 0.29) is 0 Å². The summed E-state index contributed by atoms with van der Waals surface area (Å²) < 4.78 is 0. The van der Waals surface area contributed by atoms with Crippen LogP contribution in [0.5, 0.6) is 0 Å². The van der Waals surface area contributed by atoms with Crippen molar-refractivity contribution in [2.45, 2.75) is 18.1 Å². The summed E-state index contributed by atoms with van der Waals surface area (Å²) in [5.74, 6) is 0. The van der Waals surface area contributed by atoms with Crippen molar-refractivity contribution in [3.63, 3.8) is 0 Å². The molecule has 0 fully saturated rings. The van der Waals surface area contributed by atoms with Crippen LogP contribution < -0.4 is 0 Å². The summed E-state index contributed by atoms with van der Waals surface area (Å²) in [7, 11) is -1.63. The molecular weight excluding hydrogens is 172 g/mol.